The van der Waals surface area contributed by atoms with Crippen LogP contribution in [-0.4, -0.2) is 42.8 Å². The van der Waals surface area contributed by atoms with E-state index in [0.29, 0.717) is 43.0 Å². The van der Waals surface area contributed by atoms with Gasteiger partial charge in [-0.3, -0.25) is 9.59 Å². The molecule has 1 aliphatic heterocycles. The Morgan fingerprint density at radius 3 is 2.93 bits per heavy atom. The third-order valence-electron chi connectivity index (χ3n) is 4.93. The van der Waals surface area contributed by atoms with Crippen LogP contribution in [0.4, 0.5) is 11.5 Å². The van der Waals surface area contributed by atoms with Crippen LogP contribution in [0.2, 0.25) is 0 Å². The van der Waals surface area contributed by atoms with Crippen LogP contribution < -0.4 is 11.1 Å². The maximum atomic E-state index is 12.7. The lowest BCUT2D eigenvalue weighted by Crippen LogP contribution is -2.36. The molecule has 144 valence electrons. The van der Waals surface area contributed by atoms with E-state index in [2.05, 4.69) is 20.3 Å². The molecule has 2 aromatic heterocycles. The van der Waals surface area contributed by atoms with Gasteiger partial charge in [-0.25, -0.2) is 15.0 Å². The van der Waals surface area contributed by atoms with Crippen molar-refractivity contribution in [1.29, 1.82) is 0 Å². The monoisotopic (exact) mass is 379 g/mol. The van der Waals surface area contributed by atoms with Gasteiger partial charge in [0.15, 0.2) is 11.5 Å². The molecule has 0 unspecified atom stereocenters. The Balaban J connectivity index is 1.44. The number of rotatable bonds is 4. The van der Waals surface area contributed by atoms with Crippen molar-refractivity contribution in [2.45, 2.75) is 32.9 Å². The van der Waals surface area contributed by atoms with Crippen molar-refractivity contribution < 1.29 is 9.59 Å². The Bertz CT molecular complexity index is 1060. The summed E-state index contributed by atoms with van der Waals surface area (Å²) in [5.74, 6) is 0.307. The Morgan fingerprint density at radius 1 is 1.25 bits per heavy atom. The molecule has 3 N–H and O–H groups in total. The second-order valence-corrected chi connectivity index (χ2v) is 6.81. The van der Waals surface area contributed by atoms with Gasteiger partial charge in [0.05, 0.1) is 6.33 Å². The maximum Gasteiger partial charge on any atom is 0.224 e. The van der Waals surface area contributed by atoms with Gasteiger partial charge in [0.2, 0.25) is 11.8 Å². The van der Waals surface area contributed by atoms with E-state index in [1.165, 1.54) is 13.3 Å². The highest BCUT2D eigenvalue weighted by molar-refractivity contribution is 5.90. The van der Waals surface area contributed by atoms with Crippen LogP contribution in [0.25, 0.3) is 11.2 Å². The molecule has 1 aromatic carbocycles. The van der Waals surface area contributed by atoms with Gasteiger partial charge in [-0.2, -0.15) is 0 Å². The largest absolute Gasteiger partial charge is 0.382 e. The highest BCUT2D eigenvalue weighted by Gasteiger charge is 2.22. The number of amides is 2. The smallest absolute Gasteiger partial charge is 0.224 e. The molecule has 0 bridgehead atoms. The van der Waals surface area contributed by atoms with Crippen LogP contribution in [0.5, 0.6) is 0 Å². The Morgan fingerprint density at radius 2 is 2.11 bits per heavy atom. The van der Waals surface area contributed by atoms with Crippen LogP contribution in [0, 0.1) is 0 Å². The fraction of sp³-hybridized carbons (Fsp3) is 0.316. The number of hydrogen-bond donors (Lipinski definition) is 2. The number of aromatic nitrogens is 4. The van der Waals surface area contributed by atoms with Crippen molar-refractivity contribution in [3.8, 4) is 0 Å². The summed E-state index contributed by atoms with van der Waals surface area (Å²) in [6, 6.07) is 5.80. The number of carbonyl (C=O) groups is 2. The second kappa shape index (κ2) is 7.26. The van der Waals surface area contributed by atoms with Gasteiger partial charge >= 0.3 is 0 Å². The number of anilines is 2. The summed E-state index contributed by atoms with van der Waals surface area (Å²) in [5.41, 5.74) is 9.99. The lowest BCUT2D eigenvalue weighted by molar-refractivity contribution is -0.132. The highest BCUT2D eigenvalue weighted by atomic mass is 16.2. The normalized spacial score (nSPS) is 13.4. The van der Waals surface area contributed by atoms with Gasteiger partial charge in [0.25, 0.3) is 0 Å². The van der Waals surface area contributed by atoms with Crippen molar-refractivity contribution in [2.75, 3.05) is 17.6 Å². The zero-order chi connectivity index (χ0) is 19.7. The number of imidazole rings is 1. The quantitative estimate of drug-likeness (QED) is 0.706. The minimum absolute atomic E-state index is 0.0689. The van der Waals surface area contributed by atoms with Crippen molar-refractivity contribution in [2.24, 2.45) is 0 Å². The summed E-state index contributed by atoms with van der Waals surface area (Å²) >= 11 is 0. The molecule has 3 aromatic rings. The van der Waals surface area contributed by atoms with Crippen LogP contribution in [0.15, 0.2) is 30.9 Å². The van der Waals surface area contributed by atoms with Gasteiger partial charge in [-0.05, 0) is 23.6 Å². The summed E-state index contributed by atoms with van der Waals surface area (Å²) in [4.78, 5) is 38.3. The van der Waals surface area contributed by atoms with E-state index in [9.17, 15) is 9.59 Å². The van der Waals surface area contributed by atoms with Gasteiger partial charge in [-0.15, -0.1) is 0 Å². The van der Waals surface area contributed by atoms with Crippen molar-refractivity contribution in [1.82, 2.24) is 24.4 Å². The first-order valence-electron chi connectivity index (χ1n) is 9.10. The number of nitrogen functional groups attached to an aromatic ring is 1. The zero-order valence-corrected chi connectivity index (χ0v) is 15.6. The van der Waals surface area contributed by atoms with E-state index in [0.717, 1.165) is 23.2 Å². The number of nitrogens with zero attached hydrogens (tertiary/aromatic N) is 5. The summed E-state index contributed by atoms with van der Waals surface area (Å²) in [6.07, 6.45) is 4.09. The molecule has 2 amide bonds. The van der Waals surface area contributed by atoms with E-state index >= 15 is 0 Å². The average Bonchev–Trinajstić information content (AvgIpc) is 3.10. The molecule has 9 nitrogen and oxygen atoms in total. The molecular weight excluding hydrogens is 358 g/mol. The van der Waals surface area contributed by atoms with E-state index in [1.807, 2.05) is 27.7 Å². The third-order valence-corrected chi connectivity index (χ3v) is 4.93. The number of fused-ring (bicyclic) bond motifs is 2. The molecule has 0 aliphatic carbocycles. The minimum Gasteiger partial charge on any atom is -0.382 e. The molecule has 0 fully saturated rings. The van der Waals surface area contributed by atoms with Crippen molar-refractivity contribution in [3.05, 3.63) is 42.0 Å². The summed E-state index contributed by atoms with van der Waals surface area (Å²) in [7, 11) is 0. The van der Waals surface area contributed by atoms with Crippen LogP contribution in [-0.2, 0) is 29.1 Å². The van der Waals surface area contributed by atoms with Gasteiger partial charge < -0.3 is 20.5 Å². The molecule has 0 spiro atoms. The zero-order valence-electron chi connectivity index (χ0n) is 15.6. The molecule has 0 saturated carbocycles. The first kappa shape index (κ1) is 17.9. The standard InChI is InChI=1S/C19H21N7O2/c1-12(27)24-15-4-2-3-13-9-25(7-5-14(13)15)16(28)6-8-26-11-23-17-18(20)21-10-22-19(17)26/h2-4,10-11H,5-9H2,1H3,(H,24,27)(H2,20,21,22). The van der Waals surface area contributed by atoms with Gasteiger partial charge in [0, 0.05) is 38.7 Å². The average molecular weight is 379 g/mol. The fourth-order valence-corrected chi connectivity index (χ4v) is 3.57. The fourth-order valence-electron chi connectivity index (χ4n) is 3.57. The van der Waals surface area contributed by atoms with Crippen LogP contribution >= 0.6 is 0 Å². The van der Waals surface area contributed by atoms with E-state index in [-0.39, 0.29) is 11.8 Å². The highest BCUT2D eigenvalue weighted by Crippen LogP contribution is 2.26. The lowest BCUT2D eigenvalue weighted by atomic mass is 9.97. The first-order valence-corrected chi connectivity index (χ1v) is 9.10. The maximum absolute atomic E-state index is 12.7. The molecule has 28 heavy (non-hydrogen) atoms. The lowest BCUT2D eigenvalue weighted by Gasteiger charge is -2.30. The molecule has 1 aliphatic rings. The Hall–Kier alpha value is -3.49. The number of benzene rings is 1. The Labute approximate surface area is 161 Å². The number of carbonyl (C=O) groups excluding carboxylic acids is 2. The number of hydrogen-bond acceptors (Lipinski definition) is 6. The first-order chi connectivity index (χ1) is 13.5. The molecule has 3 heterocycles. The Kier molecular flexibility index (Phi) is 4.64. The van der Waals surface area contributed by atoms with Gasteiger partial charge in [0.1, 0.15) is 11.8 Å². The molecular formula is C19H21N7O2. The van der Waals surface area contributed by atoms with E-state index < -0.39 is 0 Å². The number of nitrogens with two attached hydrogens (primary N) is 1. The van der Waals surface area contributed by atoms with Gasteiger partial charge in [-0.1, -0.05) is 12.1 Å². The van der Waals surface area contributed by atoms with E-state index in [1.54, 1.807) is 6.33 Å². The van der Waals surface area contributed by atoms with Crippen LogP contribution in [0.1, 0.15) is 24.5 Å². The van der Waals surface area contributed by atoms with Crippen molar-refractivity contribution in [3.63, 3.8) is 0 Å². The van der Waals surface area contributed by atoms with Crippen molar-refractivity contribution >= 4 is 34.5 Å². The predicted octanol–water partition coefficient (Wildman–Crippen LogP) is 1.34. The topological polar surface area (TPSA) is 119 Å². The van der Waals surface area contributed by atoms with Crippen LogP contribution in [0.3, 0.4) is 0 Å². The predicted molar refractivity (Wildman–Crippen MR) is 104 cm³/mol. The summed E-state index contributed by atoms with van der Waals surface area (Å²) in [5, 5.41) is 2.87. The van der Waals surface area contributed by atoms with E-state index in [4.69, 9.17) is 5.73 Å². The number of aryl methyl sites for hydroxylation is 1. The minimum atomic E-state index is -0.0936. The molecule has 4 rings (SSSR count). The molecule has 0 atom stereocenters. The SMILES string of the molecule is CC(=O)Nc1cccc2c1CCN(C(=O)CCn1cnc3c(N)ncnc31)C2. The molecule has 0 saturated heterocycles. The third kappa shape index (κ3) is 3.38. The molecule has 0 radical (unpaired) electrons. The number of nitrogens with one attached hydrogen (secondary N) is 1. The summed E-state index contributed by atoms with van der Waals surface area (Å²) in [6.45, 7) is 3.14. The molecule has 9 heteroatoms. The summed E-state index contributed by atoms with van der Waals surface area (Å²) < 4.78 is 1.82. The second-order valence-electron chi connectivity index (χ2n) is 6.81.